The van der Waals surface area contributed by atoms with E-state index in [0.717, 1.165) is 58.1 Å². The Hall–Kier alpha value is -1.33. The molecular formula is C17H30ClN5. The first-order valence-corrected chi connectivity index (χ1v) is 8.92. The predicted molar refractivity (Wildman–Crippen MR) is 99.3 cm³/mol. The third-order valence-electron chi connectivity index (χ3n) is 3.64. The number of aromatic nitrogens is 1. The first-order valence-electron chi connectivity index (χ1n) is 8.54. The lowest BCUT2D eigenvalue weighted by molar-refractivity contribution is 0.302. The Morgan fingerprint density at radius 2 is 2.00 bits per heavy atom. The van der Waals surface area contributed by atoms with E-state index in [1.807, 2.05) is 18.3 Å². The lowest BCUT2D eigenvalue weighted by Gasteiger charge is -2.17. The minimum atomic E-state index is 0.532. The van der Waals surface area contributed by atoms with E-state index in [-0.39, 0.29) is 0 Å². The summed E-state index contributed by atoms with van der Waals surface area (Å²) in [5, 5.41) is 7.18. The molecule has 1 aromatic heterocycles. The Balaban J connectivity index is 2.32. The summed E-state index contributed by atoms with van der Waals surface area (Å²) in [5.74, 6) is 0.883. The van der Waals surface area contributed by atoms with Crippen LogP contribution in [0.3, 0.4) is 0 Å². The second-order valence-corrected chi connectivity index (χ2v) is 5.69. The van der Waals surface area contributed by atoms with Gasteiger partial charge in [-0.25, -0.2) is 4.98 Å². The van der Waals surface area contributed by atoms with Crippen molar-refractivity contribution in [2.24, 2.45) is 4.99 Å². The van der Waals surface area contributed by atoms with Crippen molar-refractivity contribution >= 4 is 17.6 Å². The summed E-state index contributed by atoms with van der Waals surface area (Å²) in [6.45, 7) is 12.3. The first-order chi connectivity index (χ1) is 11.2. The minimum absolute atomic E-state index is 0.532. The number of rotatable bonds is 10. The molecule has 0 aromatic carbocycles. The zero-order chi connectivity index (χ0) is 16.9. The average molecular weight is 340 g/mol. The van der Waals surface area contributed by atoms with Gasteiger partial charge in [-0.15, -0.1) is 0 Å². The van der Waals surface area contributed by atoms with Gasteiger partial charge in [0.05, 0.1) is 0 Å². The molecule has 0 aliphatic heterocycles. The molecule has 6 heteroatoms. The maximum absolute atomic E-state index is 5.79. The fraction of sp³-hybridized carbons (Fsp3) is 0.647. The summed E-state index contributed by atoms with van der Waals surface area (Å²) < 4.78 is 0. The Kier molecular flexibility index (Phi) is 10.4. The highest BCUT2D eigenvalue weighted by Gasteiger charge is 2.00. The molecule has 0 aliphatic rings. The molecule has 0 saturated carbocycles. The van der Waals surface area contributed by atoms with E-state index in [2.05, 4.69) is 46.3 Å². The SMILES string of the molecule is CCNC(=NCCCN(CC)CC)NCCc1ccc(Cl)nc1. The van der Waals surface area contributed by atoms with Crippen LogP contribution in [0.25, 0.3) is 0 Å². The maximum atomic E-state index is 5.79. The molecule has 0 unspecified atom stereocenters. The van der Waals surface area contributed by atoms with Crippen LogP contribution in [0, 0.1) is 0 Å². The van der Waals surface area contributed by atoms with Crippen molar-refractivity contribution < 1.29 is 0 Å². The number of halogens is 1. The van der Waals surface area contributed by atoms with Crippen LogP contribution in [0.5, 0.6) is 0 Å². The molecule has 0 aliphatic carbocycles. The van der Waals surface area contributed by atoms with Crippen molar-refractivity contribution in [2.75, 3.05) is 39.3 Å². The van der Waals surface area contributed by atoms with E-state index in [0.29, 0.717) is 5.15 Å². The van der Waals surface area contributed by atoms with Crippen LogP contribution >= 0.6 is 11.6 Å². The van der Waals surface area contributed by atoms with Gasteiger partial charge in [-0.3, -0.25) is 4.99 Å². The molecule has 23 heavy (non-hydrogen) atoms. The average Bonchev–Trinajstić information content (AvgIpc) is 2.56. The predicted octanol–water partition coefficient (Wildman–Crippen LogP) is 2.56. The highest BCUT2D eigenvalue weighted by atomic mass is 35.5. The van der Waals surface area contributed by atoms with Gasteiger partial charge in [0.1, 0.15) is 5.15 Å². The number of nitrogens with one attached hydrogen (secondary N) is 2. The number of nitrogens with zero attached hydrogens (tertiary/aromatic N) is 3. The molecular weight excluding hydrogens is 310 g/mol. The topological polar surface area (TPSA) is 52.6 Å². The number of aliphatic imine (C=N–C) groups is 1. The number of hydrogen-bond acceptors (Lipinski definition) is 3. The van der Waals surface area contributed by atoms with E-state index in [1.165, 1.54) is 5.56 Å². The molecule has 0 spiro atoms. The van der Waals surface area contributed by atoms with Gasteiger partial charge in [0.2, 0.25) is 0 Å². The second kappa shape index (κ2) is 12.1. The van der Waals surface area contributed by atoms with Crippen LogP contribution in [0.4, 0.5) is 0 Å². The fourth-order valence-corrected chi connectivity index (χ4v) is 2.36. The number of hydrogen-bond donors (Lipinski definition) is 2. The van der Waals surface area contributed by atoms with Gasteiger partial charge < -0.3 is 15.5 Å². The van der Waals surface area contributed by atoms with Crippen LogP contribution in [-0.2, 0) is 6.42 Å². The van der Waals surface area contributed by atoms with Gasteiger partial charge in [0.25, 0.3) is 0 Å². The van der Waals surface area contributed by atoms with Crippen LogP contribution in [0.1, 0.15) is 32.8 Å². The van der Waals surface area contributed by atoms with Gasteiger partial charge >= 0.3 is 0 Å². The van der Waals surface area contributed by atoms with Crippen LogP contribution in [0.2, 0.25) is 5.15 Å². The molecule has 2 N–H and O–H groups in total. The summed E-state index contributed by atoms with van der Waals surface area (Å²) in [5.41, 5.74) is 1.17. The van der Waals surface area contributed by atoms with E-state index in [9.17, 15) is 0 Å². The summed E-state index contributed by atoms with van der Waals surface area (Å²) in [6.07, 6.45) is 3.80. The molecule has 0 amide bonds. The van der Waals surface area contributed by atoms with Gasteiger partial charge in [-0.1, -0.05) is 31.5 Å². The summed E-state index contributed by atoms with van der Waals surface area (Å²) in [4.78, 5) is 11.1. The normalized spacial score (nSPS) is 11.8. The van der Waals surface area contributed by atoms with E-state index < -0.39 is 0 Å². The van der Waals surface area contributed by atoms with E-state index in [4.69, 9.17) is 11.6 Å². The van der Waals surface area contributed by atoms with Crippen molar-refractivity contribution in [3.05, 3.63) is 29.0 Å². The largest absolute Gasteiger partial charge is 0.357 e. The highest BCUT2D eigenvalue weighted by Crippen LogP contribution is 2.05. The van der Waals surface area contributed by atoms with Crippen molar-refractivity contribution in [1.82, 2.24) is 20.5 Å². The van der Waals surface area contributed by atoms with Gasteiger partial charge in [-0.2, -0.15) is 0 Å². The number of pyridine rings is 1. The highest BCUT2D eigenvalue weighted by molar-refractivity contribution is 6.29. The quantitative estimate of drug-likeness (QED) is 0.298. The van der Waals surface area contributed by atoms with Crippen molar-refractivity contribution in [1.29, 1.82) is 0 Å². The summed E-state index contributed by atoms with van der Waals surface area (Å²) in [7, 11) is 0. The third kappa shape index (κ3) is 8.77. The lowest BCUT2D eigenvalue weighted by atomic mass is 10.2. The van der Waals surface area contributed by atoms with Crippen LogP contribution in [-0.4, -0.2) is 55.1 Å². The molecule has 1 heterocycles. The van der Waals surface area contributed by atoms with Gasteiger partial charge in [-0.05, 0) is 51.0 Å². The van der Waals surface area contributed by atoms with Crippen molar-refractivity contribution in [3.63, 3.8) is 0 Å². The van der Waals surface area contributed by atoms with E-state index in [1.54, 1.807) is 0 Å². The third-order valence-corrected chi connectivity index (χ3v) is 3.86. The zero-order valence-corrected chi connectivity index (χ0v) is 15.4. The van der Waals surface area contributed by atoms with Crippen LogP contribution < -0.4 is 10.6 Å². The molecule has 0 bridgehead atoms. The van der Waals surface area contributed by atoms with Crippen LogP contribution in [0.15, 0.2) is 23.3 Å². The molecule has 0 atom stereocenters. The molecule has 1 rings (SSSR count). The summed E-state index contributed by atoms with van der Waals surface area (Å²) in [6, 6.07) is 3.83. The molecule has 0 radical (unpaired) electrons. The molecule has 1 aromatic rings. The first kappa shape index (κ1) is 19.7. The molecule has 0 saturated heterocycles. The molecule has 5 nitrogen and oxygen atoms in total. The molecule has 0 fully saturated rings. The second-order valence-electron chi connectivity index (χ2n) is 5.31. The van der Waals surface area contributed by atoms with Crippen molar-refractivity contribution in [2.45, 2.75) is 33.6 Å². The Labute approximate surface area is 145 Å². The lowest BCUT2D eigenvalue weighted by Crippen LogP contribution is -2.38. The number of guanidine groups is 1. The zero-order valence-electron chi connectivity index (χ0n) is 14.6. The molecule has 130 valence electrons. The Bertz CT molecular complexity index is 443. The standard InChI is InChI=1S/C17H30ClN5/c1-4-19-17(20-11-7-13-23(5-2)6-3)21-12-10-15-8-9-16(18)22-14-15/h8-9,14H,4-7,10-13H2,1-3H3,(H2,19,20,21). The van der Waals surface area contributed by atoms with Gasteiger partial charge in [0.15, 0.2) is 5.96 Å². The minimum Gasteiger partial charge on any atom is -0.357 e. The smallest absolute Gasteiger partial charge is 0.191 e. The fourth-order valence-electron chi connectivity index (χ4n) is 2.25. The monoisotopic (exact) mass is 339 g/mol. The summed E-state index contributed by atoms with van der Waals surface area (Å²) >= 11 is 5.79. The van der Waals surface area contributed by atoms with Gasteiger partial charge in [0, 0.05) is 25.8 Å². The van der Waals surface area contributed by atoms with E-state index >= 15 is 0 Å². The van der Waals surface area contributed by atoms with Crippen molar-refractivity contribution in [3.8, 4) is 0 Å². The Morgan fingerprint density at radius 1 is 1.22 bits per heavy atom. The Morgan fingerprint density at radius 3 is 2.61 bits per heavy atom. The maximum Gasteiger partial charge on any atom is 0.191 e.